The van der Waals surface area contributed by atoms with Crippen molar-refractivity contribution in [1.29, 1.82) is 0 Å². The van der Waals surface area contributed by atoms with Gasteiger partial charge in [0.25, 0.3) is 0 Å². The molecule has 1 saturated carbocycles. The number of benzene rings is 4. The minimum atomic E-state index is -0.779. The number of nitrogens with zero attached hydrogens (tertiary/aromatic N) is 1. The maximum atomic E-state index is 14.1. The largest absolute Gasteiger partial charge is 0.466 e. The van der Waals surface area contributed by atoms with Crippen molar-refractivity contribution in [1.82, 2.24) is 0 Å². The second-order valence-corrected chi connectivity index (χ2v) is 11.9. The third-order valence-electron chi connectivity index (χ3n) is 8.94. The number of rotatable bonds is 6. The first-order chi connectivity index (χ1) is 19.4. The van der Waals surface area contributed by atoms with E-state index in [2.05, 4.69) is 69.3 Å². The molecule has 0 bridgehead atoms. The molecule has 0 saturated heterocycles. The standard InChI is InChI=1S/C36H37NO3/c1-24-21-22-30(36(2,3)27-17-8-5-9-18-27)31(23-24)39-35(38)32-33(40-34(37-32)26-14-6-4-7-15-26)29-20-12-16-25-13-10-11-19-28(25)29/h4-20,24,30-33H,21-23H2,1-3H3/t24-,30-,31-,32+,33-/m1/s1. The molecule has 0 amide bonds. The number of carbonyl (C=O) groups excluding carboxylic acids is 1. The van der Waals surface area contributed by atoms with Gasteiger partial charge in [-0.15, -0.1) is 0 Å². The lowest BCUT2D eigenvalue weighted by molar-refractivity contribution is -0.159. The lowest BCUT2D eigenvalue weighted by Crippen LogP contribution is -2.45. The van der Waals surface area contributed by atoms with Gasteiger partial charge in [-0.1, -0.05) is 118 Å². The summed E-state index contributed by atoms with van der Waals surface area (Å²) in [5.74, 6) is 0.888. The van der Waals surface area contributed by atoms with Gasteiger partial charge in [-0.3, -0.25) is 0 Å². The van der Waals surface area contributed by atoms with Crippen molar-refractivity contribution in [3.8, 4) is 0 Å². The van der Waals surface area contributed by atoms with Crippen molar-refractivity contribution >= 4 is 22.6 Å². The van der Waals surface area contributed by atoms with Crippen LogP contribution in [0.1, 0.15) is 62.8 Å². The highest BCUT2D eigenvalue weighted by atomic mass is 16.6. The Hall–Kier alpha value is -3.92. The van der Waals surface area contributed by atoms with Crippen LogP contribution in [0.15, 0.2) is 108 Å². The van der Waals surface area contributed by atoms with E-state index in [9.17, 15) is 4.79 Å². The zero-order chi connectivity index (χ0) is 27.7. The van der Waals surface area contributed by atoms with Crippen molar-refractivity contribution in [2.45, 2.75) is 63.7 Å². The van der Waals surface area contributed by atoms with Crippen molar-refractivity contribution in [3.05, 3.63) is 120 Å². The van der Waals surface area contributed by atoms with E-state index in [0.29, 0.717) is 11.8 Å². The van der Waals surface area contributed by atoms with Crippen molar-refractivity contribution < 1.29 is 14.3 Å². The summed E-state index contributed by atoms with van der Waals surface area (Å²) >= 11 is 0. The van der Waals surface area contributed by atoms with E-state index < -0.39 is 12.1 Å². The molecule has 2 aliphatic rings. The summed E-state index contributed by atoms with van der Waals surface area (Å²) in [6.07, 6.45) is 2.27. The Balaban J connectivity index is 1.34. The summed E-state index contributed by atoms with van der Waals surface area (Å²) in [6.45, 7) is 6.83. The topological polar surface area (TPSA) is 47.9 Å². The van der Waals surface area contributed by atoms with E-state index >= 15 is 0 Å². The average Bonchev–Trinajstić information content (AvgIpc) is 3.43. The average molecular weight is 532 g/mol. The van der Waals surface area contributed by atoms with Crippen LogP contribution in [0.25, 0.3) is 10.8 Å². The van der Waals surface area contributed by atoms with E-state index in [-0.39, 0.29) is 23.4 Å². The fourth-order valence-corrected chi connectivity index (χ4v) is 6.63. The lowest BCUT2D eigenvalue weighted by Gasteiger charge is -2.44. The molecule has 4 heteroatoms. The molecule has 0 unspecified atom stereocenters. The number of hydrogen-bond donors (Lipinski definition) is 0. The summed E-state index contributed by atoms with van der Waals surface area (Å²) in [5, 5.41) is 2.17. The molecule has 1 aliphatic carbocycles. The van der Waals surface area contributed by atoms with Crippen LogP contribution in [0.4, 0.5) is 0 Å². The maximum absolute atomic E-state index is 14.1. The number of carbonyl (C=O) groups is 1. The second-order valence-electron chi connectivity index (χ2n) is 11.9. The second kappa shape index (κ2) is 10.9. The molecule has 1 heterocycles. The number of hydrogen-bond acceptors (Lipinski definition) is 4. The van der Waals surface area contributed by atoms with Crippen molar-refractivity contribution in [2.75, 3.05) is 0 Å². The first kappa shape index (κ1) is 26.3. The van der Waals surface area contributed by atoms with Crippen LogP contribution in [0.3, 0.4) is 0 Å². The number of esters is 1. The van der Waals surface area contributed by atoms with Gasteiger partial charge in [0.1, 0.15) is 6.10 Å². The molecule has 4 aromatic carbocycles. The monoisotopic (exact) mass is 531 g/mol. The molecule has 4 aromatic rings. The summed E-state index contributed by atoms with van der Waals surface area (Å²) in [6, 6.07) is 34.0. The summed E-state index contributed by atoms with van der Waals surface area (Å²) < 4.78 is 13.0. The smallest absolute Gasteiger partial charge is 0.335 e. The van der Waals surface area contributed by atoms with E-state index in [1.807, 2.05) is 54.6 Å². The van der Waals surface area contributed by atoms with Gasteiger partial charge in [0.15, 0.2) is 12.1 Å². The van der Waals surface area contributed by atoms with Crippen LogP contribution in [0.2, 0.25) is 0 Å². The van der Waals surface area contributed by atoms with Crippen LogP contribution in [-0.4, -0.2) is 24.0 Å². The van der Waals surface area contributed by atoms with Gasteiger partial charge in [0.05, 0.1) is 0 Å². The van der Waals surface area contributed by atoms with Gasteiger partial charge in [0.2, 0.25) is 5.90 Å². The SMILES string of the molecule is C[C@@H]1CC[C@@H](C(C)(C)c2ccccc2)[C@H](OC(=O)[C@H]2N=C(c3ccccc3)O[C@@H]2c2cccc3ccccc23)C1. The van der Waals surface area contributed by atoms with Gasteiger partial charge >= 0.3 is 5.97 Å². The quantitative estimate of drug-likeness (QED) is 0.237. The number of aliphatic imine (C=N–C) groups is 1. The van der Waals surface area contributed by atoms with Crippen molar-refractivity contribution in [3.63, 3.8) is 0 Å². The lowest BCUT2D eigenvalue weighted by atomic mass is 9.64. The van der Waals surface area contributed by atoms with Gasteiger partial charge in [-0.05, 0) is 52.6 Å². The highest BCUT2D eigenvalue weighted by Crippen LogP contribution is 2.44. The minimum absolute atomic E-state index is 0.133. The molecule has 1 fully saturated rings. The summed E-state index contributed by atoms with van der Waals surface area (Å²) in [5.41, 5.74) is 2.95. The predicted octanol–water partition coefficient (Wildman–Crippen LogP) is 8.05. The van der Waals surface area contributed by atoms with Gasteiger partial charge < -0.3 is 9.47 Å². The van der Waals surface area contributed by atoms with E-state index in [0.717, 1.165) is 41.2 Å². The first-order valence-corrected chi connectivity index (χ1v) is 14.5. The van der Waals surface area contributed by atoms with Gasteiger partial charge in [-0.25, -0.2) is 9.79 Å². The Labute approximate surface area is 237 Å². The first-order valence-electron chi connectivity index (χ1n) is 14.5. The Morgan fingerprint density at radius 2 is 1.52 bits per heavy atom. The molecule has 0 spiro atoms. The van der Waals surface area contributed by atoms with Crippen LogP contribution in [-0.2, 0) is 19.7 Å². The van der Waals surface area contributed by atoms with Crippen LogP contribution < -0.4 is 0 Å². The molecule has 0 radical (unpaired) electrons. The Bertz CT molecular complexity index is 1510. The van der Waals surface area contributed by atoms with E-state index in [1.54, 1.807) is 0 Å². The Kier molecular flexibility index (Phi) is 7.18. The normalized spacial score (nSPS) is 24.8. The highest BCUT2D eigenvalue weighted by molar-refractivity contribution is 5.99. The molecular weight excluding hydrogens is 494 g/mol. The predicted molar refractivity (Wildman–Crippen MR) is 160 cm³/mol. The Morgan fingerprint density at radius 1 is 0.850 bits per heavy atom. The summed E-state index contributed by atoms with van der Waals surface area (Å²) in [4.78, 5) is 19.0. The number of fused-ring (bicyclic) bond motifs is 1. The van der Waals surface area contributed by atoms with Crippen LogP contribution in [0, 0.1) is 11.8 Å². The molecule has 1 aliphatic heterocycles. The highest BCUT2D eigenvalue weighted by Gasteiger charge is 2.45. The van der Waals surface area contributed by atoms with Crippen LogP contribution in [0.5, 0.6) is 0 Å². The fraction of sp³-hybridized carbons (Fsp3) is 0.333. The molecule has 6 rings (SSSR count). The third-order valence-corrected chi connectivity index (χ3v) is 8.94. The van der Waals surface area contributed by atoms with Gasteiger partial charge in [0, 0.05) is 17.0 Å². The van der Waals surface area contributed by atoms with E-state index in [4.69, 9.17) is 14.5 Å². The third kappa shape index (κ3) is 5.03. The molecular formula is C36H37NO3. The molecule has 0 N–H and O–H groups in total. The zero-order valence-corrected chi connectivity index (χ0v) is 23.5. The van der Waals surface area contributed by atoms with Crippen molar-refractivity contribution in [2.24, 2.45) is 16.8 Å². The molecule has 40 heavy (non-hydrogen) atoms. The van der Waals surface area contributed by atoms with Gasteiger partial charge in [-0.2, -0.15) is 0 Å². The zero-order valence-electron chi connectivity index (χ0n) is 23.5. The Morgan fingerprint density at radius 3 is 2.30 bits per heavy atom. The maximum Gasteiger partial charge on any atom is 0.335 e. The molecule has 204 valence electrons. The minimum Gasteiger partial charge on any atom is -0.466 e. The summed E-state index contributed by atoms with van der Waals surface area (Å²) in [7, 11) is 0. The van der Waals surface area contributed by atoms with Crippen LogP contribution >= 0.6 is 0 Å². The number of ether oxygens (including phenoxy) is 2. The molecule has 5 atom stereocenters. The van der Waals surface area contributed by atoms with E-state index in [1.165, 1.54) is 5.56 Å². The fourth-order valence-electron chi connectivity index (χ4n) is 6.63. The molecule has 4 nitrogen and oxygen atoms in total. The molecule has 0 aromatic heterocycles.